The Bertz CT molecular complexity index is 448. The van der Waals surface area contributed by atoms with E-state index in [4.69, 9.17) is 5.11 Å². The van der Waals surface area contributed by atoms with Gasteiger partial charge in [0.05, 0.1) is 0 Å². The maximum atomic E-state index is 11.7. The summed E-state index contributed by atoms with van der Waals surface area (Å²) in [5.74, 6) is -0.860. The average Bonchev–Trinajstić information content (AvgIpc) is 2.35. The Morgan fingerprint density at radius 2 is 2.05 bits per heavy atom. The first-order chi connectivity index (χ1) is 8.99. The lowest BCUT2D eigenvalue weighted by atomic mass is 10.1. The standard InChI is InChI=1S/C14H18BrNO3/c1-16(13(17)6-3-7-14(18)19)9-8-11-4-2-5-12(15)10-11/h2,4-5,10H,3,6-9H2,1H3,(H,18,19). The number of likely N-dealkylation sites (N-methyl/N-ethyl adjacent to an activating group) is 1. The van der Waals surface area contributed by atoms with Crippen molar-refractivity contribution in [2.24, 2.45) is 0 Å². The van der Waals surface area contributed by atoms with Crippen molar-refractivity contribution in [2.45, 2.75) is 25.7 Å². The molecular weight excluding hydrogens is 310 g/mol. The molecule has 1 rings (SSSR count). The van der Waals surface area contributed by atoms with Crippen LogP contribution < -0.4 is 0 Å². The zero-order valence-corrected chi connectivity index (χ0v) is 12.5. The first-order valence-corrected chi connectivity index (χ1v) is 6.98. The molecule has 104 valence electrons. The van der Waals surface area contributed by atoms with Gasteiger partial charge in [0.25, 0.3) is 0 Å². The maximum absolute atomic E-state index is 11.7. The van der Waals surface area contributed by atoms with Crippen molar-refractivity contribution >= 4 is 27.8 Å². The highest BCUT2D eigenvalue weighted by atomic mass is 79.9. The molecule has 0 aliphatic heterocycles. The lowest BCUT2D eigenvalue weighted by Crippen LogP contribution is -2.28. The van der Waals surface area contributed by atoms with Gasteiger partial charge in [-0.3, -0.25) is 9.59 Å². The SMILES string of the molecule is CN(CCc1cccc(Br)c1)C(=O)CCCC(=O)O. The topological polar surface area (TPSA) is 57.6 Å². The number of carbonyl (C=O) groups excluding carboxylic acids is 1. The zero-order valence-electron chi connectivity index (χ0n) is 10.9. The van der Waals surface area contributed by atoms with Crippen molar-refractivity contribution < 1.29 is 14.7 Å². The van der Waals surface area contributed by atoms with Gasteiger partial charge in [0.15, 0.2) is 0 Å². The van der Waals surface area contributed by atoms with E-state index in [9.17, 15) is 9.59 Å². The van der Waals surface area contributed by atoms with E-state index in [1.54, 1.807) is 11.9 Å². The fraction of sp³-hybridized carbons (Fsp3) is 0.429. The normalized spacial score (nSPS) is 10.2. The Morgan fingerprint density at radius 1 is 1.32 bits per heavy atom. The number of amides is 1. The van der Waals surface area contributed by atoms with Crippen LogP contribution in [0.5, 0.6) is 0 Å². The molecular formula is C14H18BrNO3. The highest BCUT2D eigenvalue weighted by Crippen LogP contribution is 2.12. The van der Waals surface area contributed by atoms with Gasteiger partial charge in [-0.2, -0.15) is 0 Å². The molecule has 1 amide bonds. The van der Waals surface area contributed by atoms with Crippen LogP contribution in [0.4, 0.5) is 0 Å². The Balaban J connectivity index is 2.32. The second kappa shape index (κ2) is 7.94. The number of rotatable bonds is 7. The number of carboxylic acid groups (broad SMARTS) is 1. The fourth-order valence-corrected chi connectivity index (χ4v) is 2.14. The lowest BCUT2D eigenvalue weighted by Gasteiger charge is -2.17. The van der Waals surface area contributed by atoms with Crippen molar-refractivity contribution in [3.8, 4) is 0 Å². The van der Waals surface area contributed by atoms with Gasteiger partial charge in [-0.15, -0.1) is 0 Å². The second-order valence-corrected chi connectivity index (χ2v) is 5.36. The summed E-state index contributed by atoms with van der Waals surface area (Å²) >= 11 is 3.41. The molecule has 1 aromatic rings. The molecule has 0 aromatic heterocycles. The third-order valence-corrected chi connectivity index (χ3v) is 3.33. The first kappa shape index (κ1) is 15.7. The van der Waals surface area contributed by atoms with Crippen LogP contribution in [0.15, 0.2) is 28.7 Å². The summed E-state index contributed by atoms with van der Waals surface area (Å²) in [5, 5.41) is 8.51. The molecule has 1 N–H and O–H groups in total. The summed E-state index contributed by atoms with van der Waals surface area (Å²) in [5.41, 5.74) is 1.17. The Kier molecular flexibility index (Phi) is 6.56. The van der Waals surface area contributed by atoms with Crippen LogP contribution in [-0.2, 0) is 16.0 Å². The summed E-state index contributed by atoms with van der Waals surface area (Å²) in [6.07, 6.45) is 1.53. The zero-order chi connectivity index (χ0) is 14.3. The lowest BCUT2D eigenvalue weighted by molar-refractivity contribution is -0.137. The smallest absolute Gasteiger partial charge is 0.303 e. The molecule has 0 fully saturated rings. The van der Waals surface area contributed by atoms with Gasteiger partial charge in [-0.1, -0.05) is 28.1 Å². The summed E-state index contributed by atoms with van der Waals surface area (Å²) in [6, 6.07) is 7.98. The number of carbonyl (C=O) groups is 2. The minimum Gasteiger partial charge on any atom is -0.481 e. The van der Waals surface area contributed by atoms with E-state index in [-0.39, 0.29) is 12.3 Å². The molecule has 4 nitrogen and oxygen atoms in total. The van der Waals surface area contributed by atoms with E-state index in [1.807, 2.05) is 24.3 Å². The van der Waals surface area contributed by atoms with Gasteiger partial charge in [0.2, 0.25) is 5.91 Å². The number of halogens is 1. The number of aliphatic carboxylic acids is 1. The number of carboxylic acids is 1. The minimum atomic E-state index is -0.857. The van der Waals surface area contributed by atoms with E-state index in [2.05, 4.69) is 15.9 Å². The highest BCUT2D eigenvalue weighted by Gasteiger charge is 2.09. The third kappa shape index (κ3) is 6.38. The monoisotopic (exact) mass is 327 g/mol. The molecule has 0 saturated carbocycles. The Labute approximate surface area is 121 Å². The van der Waals surface area contributed by atoms with Crippen molar-refractivity contribution in [3.63, 3.8) is 0 Å². The number of hydrogen-bond acceptors (Lipinski definition) is 2. The Hall–Kier alpha value is -1.36. The molecule has 0 aliphatic carbocycles. The van der Waals surface area contributed by atoms with E-state index in [0.717, 1.165) is 10.9 Å². The third-order valence-electron chi connectivity index (χ3n) is 2.83. The molecule has 0 heterocycles. The summed E-state index contributed by atoms with van der Waals surface area (Å²) in [4.78, 5) is 23.8. The summed E-state index contributed by atoms with van der Waals surface area (Å²) in [6.45, 7) is 0.641. The first-order valence-electron chi connectivity index (χ1n) is 6.19. The van der Waals surface area contributed by atoms with Crippen LogP contribution in [0.2, 0.25) is 0 Å². The molecule has 1 aromatic carbocycles. The molecule has 0 saturated heterocycles. The molecule has 0 bridgehead atoms. The van der Waals surface area contributed by atoms with Crippen molar-refractivity contribution in [3.05, 3.63) is 34.3 Å². The quantitative estimate of drug-likeness (QED) is 0.837. The van der Waals surface area contributed by atoms with E-state index >= 15 is 0 Å². The Morgan fingerprint density at radius 3 is 2.68 bits per heavy atom. The summed E-state index contributed by atoms with van der Waals surface area (Å²) < 4.78 is 1.03. The van der Waals surface area contributed by atoms with E-state index in [0.29, 0.717) is 19.4 Å². The van der Waals surface area contributed by atoms with Crippen molar-refractivity contribution in [1.82, 2.24) is 4.90 Å². The molecule has 0 spiro atoms. The van der Waals surface area contributed by atoms with Gasteiger partial charge >= 0.3 is 5.97 Å². The molecule has 0 aliphatic rings. The molecule has 5 heteroatoms. The van der Waals surface area contributed by atoms with Gasteiger partial charge in [0, 0.05) is 30.9 Å². The highest BCUT2D eigenvalue weighted by molar-refractivity contribution is 9.10. The molecule has 0 atom stereocenters. The van der Waals surface area contributed by atoms with Crippen LogP contribution in [0.25, 0.3) is 0 Å². The molecule has 0 unspecified atom stereocenters. The van der Waals surface area contributed by atoms with Crippen molar-refractivity contribution in [2.75, 3.05) is 13.6 Å². The van der Waals surface area contributed by atoms with Gasteiger partial charge in [-0.25, -0.2) is 0 Å². The average molecular weight is 328 g/mol. The number of hydrogen-bond donors (Lipinski definition) is 1. The fourth-order valence-electron chi connectivity index (χ4n) is 1.70. The predicted octanol–water partition coefficient (Wildman–Crippen LogP) is 2.70. The van der Waals surface area contributed by atoms with Crippen LogP contribution >= 0.6 is 15.9 Å². The largest absolute Gasteiger partial charge is 0.481 e. The number of benzene rings is 1. The van der Waals surface area contributed by atoms with E-state index < -0.39 is 5.97 Å². The van der Waals surface area contributed by atoms with Crippen LogP contribution in [-0.4, -0.2) is 35.5 Å². The van der Waals surface area contributed by atoms with Gasteiger partial charge in [0.1, 0.15) is 0 Å². The number of nitrogens with zero attached hydrogens (tertiary/aromatic N) is 1. The maximum Gasteiger partial charge on any atom is 0.303 e. The molecule has 19 heavy (non-hydrogen) atoms. The summed E-state index contributed by atoms with van der Waals surface area (Å²) in [7, 11) is 1.75. The van der Waals surface area contributed by atoms with Crippen LogP contribution in [0.3, 0.4) is 0 Å². The van der Waals surface area contributed by atoms with Crippen LogP contribution in [0.1, 0.15) is 24.8 Å². The minimum absolute atomic E-state index is 0.00348. The van der Waals surface area contributed by atoms with Gasteiger partial charge < -0.3 is 10.0 Å². The van der Waals surface area contributed by atoms with Crippen LogP contribution in [0, 0.1) is 0 Å². The van der Waals surface area contributed by atoms with Gasteiger partial charge in [-0.05, 0) is 30.5 Å². The second-order valence-electron chi connectivity index (χ2n) is 4.44. The van der Waals surface area contributed by atoms with E-state index in [1.165, 1.54) is 5.56 Å². The van der Waals surface area contributed by atoms with Crippen molar-refractivity contribution in [1.29, 1.82) is 0 Å². The predicted molar refractivity (Wildman–Crippen MR) is 77.0 cm³/mol. The molecule has 0 radical (unpaired) electrons.